The monoisotopic (exact) mass is 344 g/mol. The third-order valence-electron chi connectivity index (χ3n) is 4.76. The van der Waals surface area contributed by atoms with Crippen LogP contribution in [-0.4, -0.2) is 76.7 Å². The van der Waals surface area contributed by atoms with Crippen molar-refractivity contribution in [1.29, 1.82) is 0 Å². The van der Waals surface area contributed by atoms with E-state index >= 15 is 0 Å². The minimum Gasteiger partial charge on any atom is -0.373 e. The van der Waals surface area contributed by atoms with E-state index in [1.165, 1.54) is 6.54 Å². The number of carbonyl (C=O) groups excluding carboxylic acids is 1. The molecule has 3 fully saturated rings. The standard InChI is InChI=1S/C16H28N2O2S2/c1-12-9-17(10-13(2)20-12)11-14-3-5-18(6-4-14)15(19)16-21-7-8-22-16/h12-14,16H,3-11H2,1-2H3/t12-,13-/m0/s1. The molecule has 0 spiro atoms. The molecule has 0 radical (unpaired) electrons. The predicted octanol–water partition coefficient (Wildman–Crippen LogP) is 2.14. The Kier molecular flexibility index (Phi) is 5.98. The van der Waals surface area contributed by atoms with Gasteiger partial charge < -0.3 is 9.64 Å². The van der Waals surface area contributed by atoms with E-state index in [-0.39, 0.29) is 4.58 Å². The zero-order valence-electron chi connectivity index (χ0n) is 13.7. The van der Waals surface area contributed by atoms with Crippen molar-refractivity contribution in [2.75, 3.05) is 44.2 Å². The number of carbonyl (C=O) groups is 1. The van der Waals surface area contributed by atoms with E-state index < -0.39 is 0 Å². The Labute approximate surface area is 142 Å². The molecule has 0 N–H and O–H groups in total. The Bertz CT molecular complexity index is 372. The van der Waals surface area contributed by atoms with E-state index in [4.69, 9.17) is 4.74 Å². The maximum Gasteiger partial charge on any atom is 0.245 e. The molecule has 0 unspecified atom stereocenters. The van der Waals surface area contributed by atoms with Gasteiger partial charge in [-0.15, -0.1) is 23.5 Å². The average Bonchev–Trinajstić information content (AvgIpc) is 3.00. The summed E-state index contributed by atoms with van der Waals surface area (Å²) in [5.74, 6) is 3.38. The highest BCUT2D eigenvalue weighted by Gasteiger charge is 2.32. The van der Waals surface area contributed by atoms with Gasteiger partial charge in [-0.2, -0.15) is 0 Å². The second kappa shape index (κ2) is 7.77. The van der Waals surface area contributed by atoms with Gasteiger partial charge in [0.1, 0.15) is 4.58 Å². The fourth-order valence-electron chi connectivity index (χ4n) is 3.78. The van der Waals surface area contributed by atoms with Crippen LogP contribution < -0.4 is 0 Å². The number of ether oxygens (including phenoxy) is 1. The van der Waals surface area contributed by atoms with E-state index in [9.17, 15) is 4.79 Å². The van der Waals surface area contributed by atoms with E-state index in [0.29, 0.717) is 18.1 Å². The summed E-state index contributed by atoms with van der Waals surface area (Å²) in [5.41, 5.74) is 0. The molecule has 3 heterocycles. The minimum absolute atomic E-state index is 0.178. The van der Waals surface area contributed by atoms with Crippen molar-refractivity contribution in [1.82, 2.24) is 9.80 Å². The lowest BCUT2D eigenvalue weighted by Gasteiger charge is -2.39. The van der Waals surface area contributed by atoms with Gasteiger partial charge in [0.05, 0.1) is 12.2 Å². The highest BCUT2D eigenvalue weighted by molar-refractivity contribution is 8.21. The molecular formula is C16H28N2O2S2. The summed E-state index contributed by atoms with van der Waals surface area (Å²) in [4.78, 5) is 17.1. The zero-order valence-corrected chi connectivity index (χ0v) is 15.3. The largest absolute Gasteiger partial charge is 0.373 e. The summed E-state index contributed by atoms with van der Waals surface area (Å²) >= 11 is 3.65. The second-order valence-corrected chi connectivity index (χ2v) is 9.54. The maximum absolute atomic E-state index is 12.4. The fourth-order valence-corrected chi connectivity index (χ4v) is 6.53. The van der Waals surface area contributed by atoms with Crippen molar-refractivity contribution >= 4 is 29.4 Å². The molecule has 3 rings (SSSR count). The van der Waals surface area contributed by atoms with Crippen LogP contribution in [0.4, 0.5) is 0 Å². The fraction of sp³-hybridized carbons (Fsp3) is 0.938. The number of nitrogens with zero attached hydrogens (tertiary/aromatic N) is 2. The van der Waals surface area contributed by atoms with E-state index in [0.717, 1.165) is 56.4 Å². The van der Waals surface area contributed by atoms with Crippen molar-refractivity contribution in [3.63, 3.8) is 0 Å². The molecule has 3 aliphatic rings. The van der Waals surface area contributed by atoms with Crippen molar-refractivity contribution in [2.24, 2.45) is 5.92 Å². The highest BCUT2D eigenvalue weighted by Crippen LogP contribution is 2.34. The Morgan fingerprint density at radius 3 is 2.27 bits per heavy atom. The summed E-state index contributed by atoms with van der Waals surface area (Å²) in [6.07, 6.45) is 3.02. The topological polar surface area (TPSA) is 32.8 Å². The van der Waals surface area contributed by atoms with Crippen LogP contribution in [0.5, 0.6) is 0 Å². The van der Waals surface area contributed by atoms with Crippen LogP contribution in [0.2, 0.25) is 0 Å². The maximum atomic E-state index is 12.4. The van der Waals surface area contributed by atoms with Gasteiger partial charge in [0.15, 0.2) is 0 Å². The first-order chi connectivity index (χ1) is 10.6. The van der Waals surface area contributed by atoms with Crippen LogP contribution in [-0.2, 0) is 9.53 Å². The van der Waals surface area contributed by atoms with Crippen LogP contribution in [0.15, 0.2) is 0 Å². The molecule has 126 valence electrons. The summed E-state index contributed by atoms with van der Waals surface area (Å²) in [7, 11) is 0. The van der Waals surface area contributed by atoms with Crippen LogP contribution in [0.25, 0.3) is 0 Å². The number of hydrogen-bond donors (Lipinski definition) is 0. The minimum atomic E-state index is 0.178. The molecule has 0 aromatic carbocycles. The number of hydrogen-bond acceptors (Lipinski definition) is 5. The third kappa shape index (κ3) is 4.34. The molecule has 0 aromatic heterocycles. The van der Waals surface area contributed by atoms with Gasteiger partial charge in [0.25, 0.3) is 0 Å². The van der Waals surface area contributed by atoms with Gasteiger partial charge >= 0.3 is 0 Å². The number of morpholine rings is 1. The first-order valence-electron chi connectivity index (χ1n) is 8.51. The van der Waals surface area contributed by atoms with Crippen molar-refractivity contribution < 1.29 is 9.53 Å². The lowest BCUT2D eigenvalue weighted by Crippen LogP contribution is -2.49. The first kappa shape index (κ1) is 16.9. The molecule has 4 nitrogen and oxygen atoms in total. The smallest absolute Gasteiger partial charge is 0.245 e. The van der Waals surface area contributed by atoms with Crippen LogP contribution in [0.1, 0.15) is 26.7 Å². The van der Waals surface area contributed by atoms with Crippen LogP contribution in [0.3, 0.4) is 0 Å². The van der Waals surface area contributed by atoms with Crippen molar-refractivity contribution in [2.45, 2.75) is 43.5 Å². The number of amides is 1. The van der Waals surface area contributed by atoms with E-state index in [1.807, 2.05) is 23.5 Å². The average molecular weight is 345 g/mol. The van der Waals surface area contributed by atoms with Gasteiger partial charge in [-0.3, -0.25) is 9.69 Å². The second-order valence-electron chi connectivity index (χ2n) is 6.82. The SMILES string of the molecule is C[C@H]1CN(CC2CCN(C(=O)C3SCCS3)CC2)C[C@H](C)O1. The van der Waals surface area contributed by atoms with Gasteiger partial charge in [-0.05, 0) is 32.6 Å². The summed E-state index contributed by atoms with van der Waals surface area (Å²) in [6.45, 7) is 9.53. The third-order valence-corrected chi connectivity index (χ3v) is 7.72. The van der Waals surface area contributed by atoms with Crippen molar-refractivity contribution in [3.8, 4) is 0 Å². The molecular weight excluding hydrogens is 316 g/mol. The zero-order chi connectivity index (χ0) is 15.5. The normalized spacial score (nSPS) is 32.5. The van der Waals surface area contributed by atoms with Gasteiger partial charge in [0, 0.05) is 44.2 Å². The predicted molar refractivity (Wildman–Crippen MR) is 94.5 cm³/mol. The number of piperidine rings is 1. The van der Waals surface area contributed by atoms with Gasteiger partial charge in [0.2, 0.25) is 5.91 Å². The number of rotatable bonds is 3. The molecule has 1 amide bonds. The lowest BCUT2D eigenvalue weighted by molar-refractivity contribution is -0.130. The number of likely N-dealkylation sites (tertiary alicyclic amines) is 1. The van der Waals surface area contributed by atoms with Gasteiger partial charge in [-0.25, -0.2) is 0 Å². The Balaban J connectivity index is 1.42. The molecule has 0 bridgehead atoms. The Morgan fingerprint density at radius 2 is 1.68 bits per heavy atom. The summed E-state index contributed by atoms with van der Waals surface area (Å²) in [5, 5.41) is 0. The molecule has 3 saturated heterocycles. The number of thioether (sulfide) groups is 2. The Morgan fingerprint density at radius 1 is 1.09 bits per heavy atom. The summed E-state index contributed by atoms with van der Waals surface area (Å²) < 4.78 is 5.99. The molecule has 6 heteroatoms. The molecule has 0 saturated carbocycles. The van der Waals surface area contributed by atoms with Gasteiger partial charge in [-0.1, -0.05) is 0 Å². The Hall–Kier alpha value is 0.0900. The highest BCUT2D eigenvalue weighted by atomic mass is 32.2. The van der Waals surface area contributed by atoms with E-state index in [2.05, 4.69) is 23.6 Å². The van der Waals surface area contributed by atoms with Crippen molar-refractivity contribution in [3.05, 3.63) is 0 Å². The molecule has 0 aliphatic carbocycles. The van der Waals surface area contributed by atoms with Crippen LogP contribution in [0, 0.1) is 5.92 Å². The first-order valence-corrected chi connectivity index (χ1v) is 10.6. The quantitative estimate of drug-likeness (QED) is 0.783. The molecule has 0 aromatic rings. The van der Waals surface area contributed by atoms with Crippen LogP contribution >= 0.6 is 23.5 Å². The molecule has 3 aliphatic heterocycles. The van der Waals surface area contributed by atoms with E-state index in [1.54, 1.807) is 0 Å². The molecule has 2 atom stereocenters. The lowest BCUT2D eigenvalue weighted by atomic mass is 9.95. The molecule has 22 heavy (non-hydrogen) atoms. The summed E-state index contributed by atoms with van der Waals surface area (Å²) in [6, 6.07) is 0.